The molecule has 3 amide bonds. The molecule has 0 bridgehead atoms. The molecular formula is C31H44Cl2N6O3. The van der Waals surface area contributed by atoms with Gasteiger partial charge in [0.1, 0.15) is 11.8 Å². The first-order valence-corrected chi connectivity index (χ1v) is 16.0. The molecule has 1 N–H and O–H groups in total. The van der Waals surface area contributed by atoms with Gasteiger partial charge < -0.3 is 19.9 Å². The number of aryl methyl sites for hydroxylation is 1. The molecule has 0 saturated carbocycles. The Bertz CT molecular complexity index is 1170. The van der Waals surface area contributed by atoms with Crippen molar-refractivity contribution in [1.82, 2.24) is 30.0 Å². The van der Waals surface area contributed by atoms with Crippen LogP contribution in [0, 0.1) is 6.92 Å². The summed E-state index contributed by atoms with van der Waals surface area (Å²) in [7, 11) is 0. The number of likely N-dealkylation sites (tertiary alicyclic amines) is 3. The van der Waals surface area contributed by atoms with Gasteiger partial charge in [0.25, 0.3) is 0 Å². The lowest BCUT2D eigenvalue weighted by Crippen LogP contribution is -2.46. The molecule has 1 aromatic carbocycles. The second-order valence-corrected chi connectivity index (χ2v) is 12.1. The number of amides is 3. The van der Waals surface area contributed by atoms with Crippen LogP contribution in [0.15, 0.2) is 30.6 Å². The number of nitrogens with zero attached hydrogens (tertiary/aromatic N) is 5. The molecule has 0 radical (unpaired) electrons. The quantitative estimate of drug-likeness (QED) is 0.417. The Labute approximate surface area is 259 Å². The third-order valence-electron chi connectivity index (χ3n) is 8.24. The summed E-state index contributed by atoms with van der Waals surface area (Å²) in [4.78, 5) is 40.0. The molecule has 11 heteroatoms. The van der Waals surface area contributed by atoms with Gasteiger partial charge >= 0.3 is 6.03 Å². The highest BCUT2D eigenvalue weighted by molar-refractivity contribution is 6.35. The summed E-state index contributed by atoms with van der Waals surface area (Å²) < 4.78 is 6.35. The molecule has 3 fully saturated rings. The zero-order chi connectivity index (χ0) is 29.9. The minimum atomic E-state index is -0.128. The van der Waals surface area contributed by atoms with E-state index in [9.17, 15) is 9.59 Å². The Morgan fingerprint density at radius 1 is 0.976 bits per heavy atom. The van der Waals surface area contributed by atoms with Crippen LogP contribution in [-0.2, 0) is 4.79 Å². The number of rotatable bonds is 8. The highest BCUT2D eigenvalue weighted by Crippen LogP contribution is 2.32. The van der Waals surface area contributed by atoms with E-state index in [0.29, 0.717) is 24.0 Å². The zero-order valence-corrected chi connectivity index (χ0v) is 26.4. The predicted molar refractivity (Wildman–Crippen MR) is 166 cm³/mol. The van der Waals surface area contributed by atoms with E-state index in [1.54, 1.807) is 23.4 Å². The number of halogens is 2. The van der Waals surface area contributed by atoms with Gasteiger partial charge in [-0.05, 0) is 82.7 Å². The molecule has 9 nitrogen and oxygen atoms in total. The van der Waals surface area contributed by atoms with Crippen molar-refractivity contribution in [2.45, 2.75) is 70.8 Å². The lowest BCUT2D eigenvalue weighted by atomic mass is 9.93. The number of benzene rings is 1. The summed E-state index contributed by atoms with van der Waals surface area (Å²) in [5, 5.41) is 4.19. The van der Waals surface area contributed by atoms with Gasteiger partial charge in [-0.25, -0.2) is 9.78 Å². The first-order chi connectivity index (χ1) is 20.3. The summed E-state index contributed by atoms with van der Waals surface area (Å²) in [6.07, 6.45) is 10.7. The number of piperidine rings is 1. The second-order valence-electron chi connectivity index (χ2n) is 11.3. The second kappa shape index (κ2) is 16.3. The normalized spacial score (nSPS) is 18.4. The van der Waals surface area contributed by atoms with Gasteiger partial charge in [-0.2, -0.15) is 0 Å². The lowest BCUT2D eigenvalue weighted by molar-refractivity contribution is -0.131. The van der Waals surface area contributed by atoms with E-state index in [0.717, 1.165) is 81.1 Å². The number of carbonyl (C=O) groups is 2. The Balaban J connectivity index is 0.000000385. The Morgan fingerprint density at radius 3 is 2.29 bits per heavy atom. The molecule has 2 aromatic rings. The Morgan fingerprint density at radius 2 is 1.64 bits per heavy atom. The fraction of sp³-hybridized carbons (Fsp3) is 0.613. The molecule has 4 heterocycles. The molecule has 230 valence electrons. The number of hydrogen-bond acceptors (Lipinski definition) is 6. The number of ether oxygens (including phenoxy) is 1. The van der Waals surface area contributed by atoms with Crippen molar-refractivity contribution < 1.29 is 14.3 Å². The molecule has 1 unspecified atom stereocenters. The molecular weight excluding hydrogens is 575 g/mol. The van der Waals surface area contributed by atoms with Gasteiger partial charge in [0.2, 0.25) is 11.8 Å². The molecule has 0 aliphatic carbocycles. The van der Waals surface area contributed by atoms with E-state index >= 15 is 0 Å². The van der Waals surface area contributed by atoms with E-state index < -0.39 is 0 Å². The molecule has 3 aliphatic rings. The molecule has 1 aromatic heterocycles. The average Bonchev–Trinajstić information content (AvgIpc) is 3.73. The van der Waals surface area contributed by atoms with Gasteiger partial charge in [0.05, 0.1) is 6.54 Å². The van der Waals surface area contributed by atoms with Crippen molar-refractivity contribution in [3.63, 3.8) is 0 Å². The molecule has 3 saturated heterocycles. The maximum Gasteiger partial charge on any atom is 0.317 e. The van der Waals surface area contributed by atoms with Crippen molar-refractivity contribution in [2.75, 3.05) is 52.4 Å². The standard InChI is InChI=1S/C24H38N6O3.C7H6Cl2/c1-2-20(18-28-11-3-4-12-28)33-23-22(25-9-10-26-23)19-7-15-29(16-8-19)21(31)17-27-24(32)30-13-5-6-14-30;1-5-2-3-6(8)4-7(5)9/h9-10,19-20H,2-8,11-18H2,1H3,(H,27,32);2-4H,1H3. The fourth-order valence-electron chi connectivity index (χ4n) is 5.63. The Kier molecular flexibility index (Phi) is 12.5. The van der Waals surface area contributed by atoms with Crippen LogP contribution in [-0.4, -0.2) is 95.1 Å². The minimum Gasteiger partial charge on any atom is -0.472 e. The highest BCUT2D eigenvalue weighted by Gasteiger charge is 2.29. The van der Waals surface area contributed by atoms with Crippen LogP contribution in [0.2, 0.25) is 10.0 Å². The number of nitrogens with one attached hydrogen (secondary N) is 1. The first kappa shape index (κ1) is 32.3. The summed E-state index contributed by atoms with van der Waals surface area (Å²) >= 11 is 11.4. The highest BCUT2D eigenvalue weighted by atomic mass is 35.5. The Hall–Kier alpha value is -2.62. The lowest BCUT2D eigenvalue weighted by Gasteiger charge is -2.32. The van der Waals surface area contributed by atoms with Crippen LogP contribution in [0.4, 0.5) is 4.79 Å². The van der Waals surface area contributed by atoms with Crippen LogP contribution in [0.25, 0.3) is 0 Å². The van der Waals surface area contributed by atoms with E-state index in [1.807, 2.05) is 24.0 Å². The number of hydrogen-bond donors (Lipinski definition) is 1. The van der Waals surface area contributed by atoms with Gasteiger partial charge in [-0.3, -0.25) is 14.7 Å². The van der Waals surface area contributed by atoms with E-state index in [-0.39, 0.29) is 30.5 Å². The number of urea groups is 1. The van der Waals surface area contributed by atoms with Gasteiger partial charge in [0.15, 0.2) is 0 Å². The molecule has 3 aliphatic heterocycles. The number of aromatic nitrogens is 2. The van der Waals surface area contributed by atoms with Crippen molar-refractivity contribution in [3.05, 3.63) is 51.9 Å². The van der Waals surface area contributed by atoms with Crippen LogP contribution < -0.4 is 10.1 Å². The molecule has 5 rings (SSSR count). The summed E-state index contributed by atoms with van der Waals surface area (Å²) in [5.41, 5.74) is 1.97. The number of carbonyl (C=O) groups excluding carboxylic acids is 2. The van der Waals surface area contributed by atoms with Gasteiger partial charge in [-0.15, -0.1) is 0 Å². The first-order valence-electron chi connectivity index (χ1n) is 15.3. The van der Waals surface area contributed by atoms with Gasteiger partial charge in [-0.1, -0.05) is 36.2 Å². The van der Waals surface area contributed by atoms with Crippen molar-refractivity contribution in [1.29, 1.82) is 0 Å². The minimum absolute atomic E-state index is 0.0201. The monoisotopic (exact) mass is 618 g/mol. The maximum atomic E-state index is 12.6. The van der Waals surface area contributed by atoms with Gasteiger partial charge in [0, 0.05) is 61.1 Å². The average molecular weight is 620 g/mol. The van der Waals surface area contributed by atoms with E-state index in [4.69, 9.17) is 27.9 Å². The predicted octanol–water partition coefficient (Wildman–Crippen LogP) is 5.54. The molecule has 42 heavy (non-hydrogen) atoms. The summed E-state index contributed by atoms with van der Waals surface area (Å²) in [6.45, 7) is 10.3. The smallest absolute Gasteiger partial charge is 0.317 e. The van der Waals surface area contributed by atoms with Crippen LogP contribution in [0.5, 0.6) is 5.88 Å². The SMILES string of the molecule is CCC(CN1CCCC1)Oc1nccnc1C1CCN(C(=O)CNC(=O)N2CCCC2)CC1.Cc1ccc(Cl)cc1Cl. The summed E-state index contributed by atoms with van der Waals surface area (Å²) in [6, 6.07) is 5.32. The van der Waals surface area contributed by atoms with Crippen LogP contribution in [0.1, 0.15) is 69.0 Å². The van der Waals surface area contributed by atoms with Crippen LogP contribution >= 0.6 is 23.2 Å². The zero-order valence-electron chi connectivity index (χ0n) is 24.9. The maximum absolute atomic E-state index is 12.6. The topological polar surface area (TPSA) is 90.9 Å². The van der Waals surface area contributed by atoms with Crippen molar-refractivity contribution in [2.24, 2.45) is 0 Å². The van der Waals surface area contributed by atoms with Crippen molar-refractivity contribution >= 4 is 35.1 Å². The summed E-state index contributed by atoms with van der Waals surface area (Å²) in [5.74, 6) is 0.848. The largest absolute Gasteiger partial charge is 0.472 e. The van der Waals surface area contributed by atoms with E-state index in [2.05, 4.69) is 27.1 Å². The van der Waals surface area contributed by atoms with Crippen LogP contribution in [0.3, 0.4) is 0 Å². The van der Waals surface area contributed by atoms with E-state index in [1.165, 1.54) is 12.8 Å². The third kappa shape index (κ3) is 9.44. The fourth-order valence-corrected chi connectivity index (χ4v) is 6.04. The molecule has 1 atom stereocenters. The molecule has 0 spiro atoms. The van der Waals surface area contributed by atoms with Crippen molar-refractivity contribution in [3.8, 4) is 5.88 Å². The third-order valence-corrected chi connectivity index (χ3v) is 8.88.